The lowest BCUT2D eigenvalue weighted by Gasteiger charge is -2.31. The van der Waals surface area contributed by atoms with Gasteiger partial charge < -0.3 is 4.90 Å². The molecule has 0 N–H and O–H groups in total. The molecule has 0 bridgehead atoms. The van der Waals surface area contributed by atoms with E-state index in [0.29, 0.717) is 18.0 Å². The van der Waals surface area contributed by atoms with Crippen molar-refractivity contribution in [2.45, 2.75) is 26.2 Å². The molecule has 0 saturated carbocycles. The largest absolute Gasteiger partial charge is 0.337 e. The van der Waals surface area contributed by atoms with Crippen LogP contribution in [-0.4, -0.2) is 33.7 Å². The van der Waals surface area contributed by atoms with Crippen molar-refractivity contribution in [3.8, 4) is 0 Å². The van der Waals surface area contributed by atoms with Crippen LogP contribution in [0.25, 0.3) is 0 Å². The molecule has 4 nitrogen and oxygen atoms in total. The van der Waals surface area contributed by atoms with Crippen LogP contribution >= 0.6 is 0 Å². The standard InChI is InChI=1S/C14H21N3O/c1-4-6-12-9-15-16(3)13(12)14(18)17-8-5-7-11(2)10-17/h4,9,11H,1,5-8,10H2,2-3H3. The van der Waals surface area contributed by atoms with Gasteiger partial charge >= 0.3 is 0 Å². The van der Waals surface area contributed by atoms with E-state index in [-0.39, 0.29) is 5.91 Å². The Labute approximate surface area is 108 Å². The maximum atomic E-state index is 12.6. The second-order valence-corrected chi connectivity index (χ2v) is 5.13. The third kappa shape index (κ3) is 2.47. The highest BCUT2D eigenvalue weighted by molar-refractivity contribution is 5.94. The van der Waals surface area contributed by atoms with Gasteiger partial charge in [-0.1, -0.05) is 13.0 Å². The molecular formula is C14H21N3O. The lowest BCUT2D eigenvalue weighted by atomic mass is 9.99. The Kier molecular flexibility index (Phi) is 3.84. The van der Waals surface area contributed by atoms with Crippen molar-refractivity contribution in [1.29, 1.82) is 0 Å². The van der Waals surface area contributed by atoms with Crippen molar-refractivity contribution in [3.05, 3.63) is 30.1 Å². The minimum Gasteiger partial charge on any atom is -0.337 e. The Morgan fingerprint density at radius 1 is 1.67 bits per heavy atom. The molecule has 1 atom stereocenters. The Bertz CT molecular complexity index is 450. The molecule has 0 spiro atoms. The molecular weight excluding hydrogens is 226 g/mol. The van der Waals surface area contributed by atoms with Gasteiger partial charge in [0, 0.05) is 25.7 Å². The van der Waals surface area contributed by atoms with Crippen LogP contribution in [0.15, 0.2) is 18.9 Å². The van der Waals surface area contributed by atoms with Gasteiger partial charge in [0.1, 0.15) is 5.69 Å². The molecule has 1 aliphatic rings. The summed E-state index contributed by atoms with van der Waals surface area (Å²) in [6.45, 7) is 7.65. The van der Waals surface area contributed by atoms with Crippen LogP contribution in [0.1, 0.15) is 35.8 Å². The zero-order chi connectivity index (χ0) is 13.1. The lowest BCUT2D eigenvalue weighted by molar-refractivity contribution is 0.0671. The van der Waals surface area contributed by atoms with Crippen molar-refractivity contribution < 1.29 is 4.79 Å². The molecule has 0 aliphatic carbocycles. The van der Waals surface area contributed by atoms with Gasteiger partial charge in [0.05, 0.1) is 6.20 Å². The quantitative estimate of drug-likeness (QED) is 0.766. The first-order chi connectivity index (χ1) is 8.63. The van der Waals surface area contributed by atoms with E-state index in [1.165, 1.54) is 6.42 Å². The minimum absolute atomic E-state index is 0.110. The number of piperidine rings is 1. The summed E-state index contributed by atoms with van der Waals surface area (Å²) in [6, 6.07) is 0. The lowest BCUT2D eigenvalue weighted by Crippen LogP contribution is -2.40. The number of allylic oxidation sites excluding steroid dienone is 1. The van der Waals surface area contributed by atoms with E-state index >= 15 is 0 Å². The van der Waals surface area contributed by atoms with Crippen LogP contribution in [-0.2, 0) is 13.5 Å². The fourth-order valence-electron chi connectivity index (χ4n) is 2.59. The Morgan fingerprint density at radius 3 is 3.11 bits per heavy atom. The fraction of sp³-hybridized carbons (Fsp3) is 0.571. The monoisotopic (exact) mass is 247 g/mol. The van der Waals surface area contributed by atoms with Crippen LogP contribution < -0.4 is 0 Å². The van der Waals surface area contributed by atoms with E-state index < -0.39 is 0 Å². The summed E-state index contributed by atoms with van der Waals surface area (Å²) >= 11 is 0. The van der Waals surface area contributed by atoms with Gasteiger partial charge in [-0.2, -0.15) is 5.10 Å². The number of amides is 1. The first kappa shape index (κ1) is 12.9. The Balaban J connectivity index is 2.22. The molecule has 1 saturated heterocycles. The topological polar surface area (TPSA) is 38.1 Å². The SMILES string of the molecule is C=CCc1cnn(C)c1C(=O)N1CCCC(C)C1. The van der Waals surface area contributed by atoms with Gasteiger partial charge in [-0.05, 0) is 25.2 Å². The predicted molar refractivity (Wildman–Crippen MR) is 71.4 cm³/mol. The molecule has 18 heavy (non-hydrogen) atoms. The Hall–Kier alpha value is -1.58. The molecule has 1 amide bonds. The highest BCUT2D eigenvalue weighted by Crippen LogP contribution is 2.19. The van der Waals surface area contributed by atoms with Crippen LogP contribution in [0.2, 0.25) is 0 Å². The zero-order valence-corrected chi connectivity index (χ0v) is 11.2. The summed E-state index contributed by atoms with van der Waals surface area (Å²) in [6.07, 6.45) is 6.59. The molecule has 1 fully saturated rings. The van der Waals surface area contributed by atoms with Crippen molar-refractivity contribution >= 4 is 5.91 Å². The van der Waals surface area contributed by atoms with Crippen molar-refractivity contribution in [1.82, 2.24) is 14.7 Å². The summed E-state index contributed by atoms with van der Waals surface area (Å²) in [5.41, 5.74) is 1.68. The molecule has 2 heterocycles. The first-order valence-corrected chi connectivity index (χ1v) is 6.54. The predicted octanol–water partition coefficient (Wildman–Crippen LogP) is 2.02. The van der Waals surface area contributed by atoms with Gasteiger partial charge in [0.2, 0.25) is 0 Å². The smallest absolute Gasteiger partial charge is 0.272 e. The first-order valence-electron chi connectivity index (χ1n) is 6.54. The third-order valence-corrected chi connectivity index (χ3v) is 3.53. The second kappa shape index (κ2) is 5.38. The number of hydrogen-bond acceptors (Lipinski definition) is 2. The van der Waals surface area contributed by atoms with E-state index in [1.54, 1.807) is 10.9 Å². The molecule has 1 aromatic rings. The molecule has 1 unspecified atom stereocenters. The van der Waals surface area contributed by atoms with Crippen LogP contribution in [0.3, 0.4) is 0 Å². The summed E-state index contributed by atoms with van der Waals surface area (Å²) in [7, 11) is 1.83. The van der Waals surface area contributed by atoms with Gasteiger partial charge in [0.25, 0.3) is 5.91 Å². The van der Waals surface area contributed by atoms with Crippen molar-refractivity contribution in [2.24, 2.45) is 13.0 Å². The number of aromatic nitrogens is 2. The van der Waals surface area contributed by atoms with E-state index in [0.717, 1.165) is 25.1 Å². The van der Waals surface area contributed by atoms with Crippen molar-refractivity contribution in [2.75, 3.05) is 13.1 Å². The molecule has 1 aliphatic heterocycles. The average Bonchev–Trinajstić information content (AvgIpc) is 2.70. The number of nitrogens with zero attached hydrogens (tertiary/aromatic N) is 3. The number of hydrogen-bond donors (Lipinski definition) is 0. The maximum Gasteiger partial charge on any atom is 0.272 e. The highest BCUT2D eigenvalue weighted by atomic mass is 16.2. The van der Waals surface area contributed by atoms with E-state index in [1.807, 2.05) is 18.0 Å². The number of carbonyl (C=O) groups excluding carboxylic acids is 1. The van der Waals surface area contributed by atoms with Gasteiger partial charge in [-0.3, -0.25) is 9.48 Å². The second-order valence-electron chi connectivity index (χ2n) is 5.13. The van der Waals surface area contributed by atoms with Crippen LogP contribution in [0.5, 0.6) is 0 Å². The summed E-state index contributed by atoms with van der Waals surface area (Å²) in [5, 5.41) is 4.19. The molecule has 0 aromatic carbocycles. The molecule has 2 rings (SSSR count). The van der Waals surface area contributed by atoms with Gasteiger partial charge in [-0.25, -0.2) is 0 Å². The number of rotatable bonds is 3. The molecule has 98 valence electrons. The number of carbonyl (C=O) groups is 1. The van der Waals surface area contributed by atoms with Gasteiger partial charge in [-0.15, -0.1) is 6.58 Å². The minimum atomic E-state index is 0.110. The normalized spacial score (nSPS) is 19.9. The van der Waals surface area contributed by atoms with Gasteiger partial charge in [0.15, 0.2) is 0 Å². The summed E-state index contributed by atoms with van der Waals surface area (Å²) < 4.78 is 1.68. The molecule has 0 radical (unpaired) electrons. The summed E-state index contributed by atoms with van der Waals surface area (Å²) in [4.78, 5) is 14.5. The fourth-order valence-corrected chi connectivity index (χ4v) is 2.59. The van der Waals surface area contributed by atoms with Crippen LogP contribution in [0, 0.1) is 5.92 Å². The van der Waals surface area contributed by atoms with E-state index in [4.69, 9.17) is 0 Å². The number of likely N-dealkylation sites (tertiary alicyclic amines) is 1. The molecule has 4 heteroatoms. The zero-order valence-electron chi connectivity index (χ0n) is 11.2. The highest BCUT2D eigenvalue weighted by Gasteiger charge is 2.25. The number of aryl methyl sites for hydroxylation is 1. The van der Waals surface area contributed by atoms with Crippen molar-refractivity contribution in [3.63, 3.8) is 0 Å². The molecule has 1 aromatic heterocycles. The Morgan fingerprint density at radius 2 is 2.44 bits per heavy atom. The van der Waals surface area contributed by atoms with E-state index in [9.17, 15) is 4.79 Å². The summed E-state index contributed by atoms with van der Waals surface area (Å²) in [5.74, 6) is 0.706. The van der Waals surface area contributed by atoms with Crippen LogP contribution in [0.4, 0.5) is 0 Å². The third-order valence-electron chi connectivity index (χ3n) is 3.53. The maximum absolute atomic E-state index is 12.6. The van der Waals surface area contributed by atoms with E-state index in [2.05, 4.69) is 18.6 Å². The average molecular weight is 247 g/mol.